The average Bonchev–Trinajstić information content (AvgIpc) is 2.77. The van der Waals surface area contributed by atoms with E-state index in [9.17, 15) is 14.9 Å². The quantitative estimate of drug-likeness (QED) is 0.915. The van der Waals surface area contributed by atoms with Crippen LogP contribution in [0.2, 0.25) is 0 Å². The zero-order valence-corrected chi connectivity index (χ0v) is 11.7. The van der Waals surface area contributed by atoms with E-state index in [0.29, 0.717) is 18.8 Å². The van der Waals surface area contributed by atoms with Gasteiger partial charge in [-0.15, -0.1) is 0 Å². The first-order chi connectivity index (χ1) is 10.1. The molecule has 0 spiro atoms. The second-order valence-corrected chi connectivity index (χ2v) is 5.20. The molecule has 0 radical (unpaired) electrons. The SMILES string of the molecule is N#CC(Cc1ccc(C(=O)O)o1)C(=O)N1CCCCCC1. The molecule has 112 valence electrons. The average molecular weight is 290 g/mol. The van der Waals surface area contributed by atoms with Crippen LogP contribution in [0.15, 0.2) is 16.5 Å². The molecule has 1 unspecified atom stereocenters. The van der Waals surface area contributed by atoms with Gasteiger partial charge < -0.3 is 14.4 Å². The van der Waals surface area contributed by atoms with E-state index in [1.54, 1.807) is 4.90 Å². The van der Waals surface area contributed by atoms with Crippen molar-refractivity contribution in [3.8, 4) is 6.07 Å². The monoisotopic (exact) mass is 290 g/mol. The molecule has 1 aliphatic rings. The third kappa shape index (κ3) is 3.85. The van der Waals surface area contributed by atoms with Gasteiger partial charge in [0.25, 0.3) is 0 Å². The number of hydrogen-bond donors (Lipinski definition) is 1. The summed E-state index contributed by atoms with van der Waals surface area (Å²) in [6.07, 6.45) is 4.27. The van der Waals surface area contributed by atoms with Gasteiger partial charge in [-0.05, 0) is 25.0 Å². The van der Waals surface area contributed by atoms with E-state index < -0.39 is 11.9 Å². The summed E-state index contributed by atoms with van der Waals surface area (Å²) in [7, 11) is 0. The van der Waals surface area contributed by atoms with Gasteiger partial charge in [-0.3, -0.25) is 4.79 Å². The van der Waals surface area contributed by atoms with Gasteiger partial charge in [0.05, 0.1) is 6.07 Å². The van der Waals surface area contributed by atoms with Gasteiger partial charge in [0.2, 0.25) is 11.7 Å². The molecular formula is C15H18N2O4. The molecule has 0 aliphatic carbocycles. The number of likely N-dealkylation sites (tertiary alicyclic amines) is 1. The summed E-state index contributed by atoms with van der Waals surface area (Å²) in [5.41, 5.74) is 0. The van der Waals surface area contributed by atoms with E-state index in [0.717, 1.165) is 25.7 Å². The highest BCUT2D eigenvalue weighted by molar-refractivity contribution is 5.84. The number of rotatable bonds is 4. The van der Waals surface area contributed by atoms with Gasteiger partial charge in [0, 0.05) is 19.5 Å². The number of amides is 1. The van der Waals surface area contributed by atoms with Crippen molar-refractivity contribution in [2.24, 2.45) is 5.92 Å². The van der Waals surface area contributed by atoms with Crippen molar-refractivity contribution in [2.75, 3.05) is 13.1 Å². The zero-order chi connectivity index (χ0) is 15.2. The van der Waals surface area contributed by atoms with E-state index in [1.165, 1.54) is 12.1 Å². The number of carboxylic acids is 1. The molecule has 1 saturated heterocycles. The summed E-state index contributed by atoms with van der Waals surface area (Å²) in [6.45, 7) is 1.38. The molecule has 1 atom stereocenters. The van der Waals surface area contributed by atoms with E-state index in [1.807, 2.05) is 6.07 Å². The molecule has 0 aromatic carbocycles. The molecule has 1 N–H and O–H groups in total. The van der Waals surface area contributed by atoms with Gasteiger partial charge in [-0.1, -0.05) is 12.8 Å². The summed E-state index contributed by atoms with van der Waals surface area (Å²) < 4.78 is 5.12. The van der Waals surface area contributed by atoms with Crippen molar-refractivity contribution in [3.63, 3.8) is 0 Å². The van der Waals surface area contributed by atoms with Gasteiger partial charge in [0.1, 0.15) is 11.7 Å². The Bertz CT molecular complexity index is 550. The summed E-state index contributed by atoms with van der Waals surface area (Å²) in [5.74, 6) is -2.00. The summed E-state index contributed by atoms with van der Waals surface area (Å²) in [4.78, 5) is 24.9. The zero-order valence-electron chi connectivity index (χ0n) is 11.7. The van der Waals surface area contributed by atoms with Crippen LogP contribution >= 0.6 is 0 Å². The van der Waals surface area contributed by atoms with E-state index in [2.05, 4.69) is 0 Å². The highest BCUT2D eigenvalue weighted by Crippen LogP contribution is 2.17. The maximum atomic E-state index is 12.4. The third-order valence-corrected chi connectivity index (χ3v) is 3.65. The first-order valence-electron chi connectivity index (χ1n) is 7.12. The Labute approximate surface area is 123 Å². The summed E-state index contributed by atoms with van der Waals surface area (Å²) in [5, 5.41) is 18.0. The highest BCUT2D eigenvalue weighted by atomic mass is 16.4. The Morgan fingerprint density at radius 2 is 1.95 bits per heavy atom. The molecule has 6 heteroatoms. The normalized spacial score (nSPS) is 16.8. The first-order valence-corrected chi connectivity index (χ1v) is 7.12. The molecular weight excluding hydrogens is 272 g/mol. The van der Waals surface area contributed by atoms with Crippen LogP contribution in [0.3, 0.4) is 0 Å². The first kappa shape index (κ1) is 15.1. The Balaban J connectivity index is 2.02. The topological polar surface area (TPSA) is 94.5 Å². The number of aromatic carboxylic acids is 1. The lowest BCUT2D eigenvalue weighted by molar-refractivity contribution is -0.133. The molecule has 1 amide bonds. The third-order valence-electron chi connectivity index (χ3n) is 3.65. The fourth-order valence-corrected chi connectivity index (χ4v) is 2.50. The van der Waals surface area contributed by atoms with E-state index in [4.69, 9.17) is 9.52 Å². The fraction of sp³-hybridized carbons (Fsp3) is 0.533. The van der Waals surface area contributed by atoms with Crippen LogP contribution in [0.4, 0.5) is 0 Å². The van der Waals surface area contributed by atoms with Gasteiger partial charge in [-0.2, -0.15) is 5.26 Å². The molecule has 1 aromatic heterocycles. The van der Waals surface area contributed by atoms with Crippen LogP contribution in [-0.2, 0) is 11.2 Å². The lowest BCUT2D eigenvalue weighted by Crippen LogP contribution is -2.37. The van der Waals surface area contributed by atoms with Crippen molar-refractivity contribution in [1.29, 1.82) is 5.26 Å². The second-order valence-electron chi connectivity index (χ2n) is 5.20. The number of furan rings is 1. The fourth-order valence-electron chi connectivity index (χ4n) is 2.50. The molecule has 2 heterocycles. The summed E-state index contributed by atoms with van der Waals surface area (Å²) in [6, 6.07) is 4.85. The molecule has 2 rings (SSSR count). The maximum Gasteiger partial charge on any atom is 0.371 e. The number of hydrogen-bond acceptors (Lipinski definition) is 4. The van der Waals surface area contributed by atoms with Crippen molar-refractivity contribution in [2.45, 2.75) is 32.1 Å². The largest absolute Gasteiger partial charge is 0.475 e. The number of carboxylic acid groups (broad SMARTS) is 1. The minimum absolute atomic E-state index is 0.110. The van der Waals surface area contributed by atoms with Gasteiger partial charge in [-0.25, -0.2) is 4.79 Å². The van der Waals surface area contributed by atoms with Crippen molar-refractivity contribution in [1.82, 2.24) is 4.90 Å². The highest BCUT2D eigenvalue weighted by Gasteiger charge is 2.26. The molecule has 6 nitrogen and oxygen atoms in total. The Kier molecular flexibility index (Phi) is 4.99. The standard InChI is InChI=1S/C15H18N2O4/c16-10-11(9-12-5-6-13(21-12)15(19)20)14(18)17-7-3-1-2-4-8-17/h5-6,11H,1-4,7-9H2,(H,19,20). The Morgan fingerprint density at radius 3 is 2.48 bits per heavy atom. The van der Waals surface area contributed by atoms with Crippen molar-refractivity contribution < 1.29 is 19.1 Å². The van der Waals surface area contributed by atoms with Crippen LogP contribution < -0.4 is 0 Å². The maximum absolute atomic E-state index is 12.4. The lowest BCUT2D eigenvalue weighted by Gasteiger charge is -2.22. The number of nitrogens with zero attached hydrogens (tertiary/aromatic N) is 2. The number of carbonyl (C=O) groups is 2. The van der Waals surface area contributed by atoms with Crippen LogP contribution in [0, 0.1) is 17.2 Å². The molecule has 21 heavy (non-hydrogen) atoms. The minimum Gasteiger partial charge on any atom is -0.475 e. The van der Waals surface area contributed by atoms with Crippen LogP contribution in [-0.4, -0.2) is 35.0 Å². The number of carbonyl (C=O) groups excluding carboxylic acids is 1. The van der Waals surface area contributed by atoms with Crippen LogP contribution in [0.1, 0.15) is 42.0 Å². The van der Waals surface area contributed by atoms with Gasteiger partial charge >= 0.3 is 5.97 Å². The van der Waals surface area contributed by atoms with Crippen molar-refractivity contribution in [3.05, 3.63) is 23.7 Å². The second kappa shape index (κ2) is 6.93. The molecule has 0 bridgehead atoms. The minimum atomic E-state index is -1.16. The predicted molar refractivity (Wildman–Crippen MR) is 73.5 cm³/mol. The predicted octanol–water partition coefficient (Wildman–Crippen LogP) is 2.06. The number of nitriles is 1. The van der Waals surface area contributed by atoms with E-state index in [-0.39, 0.29) is 18.1 Å². The molecule has 1 fully saturated rings. The smallest absolute Gasteiger partial charge is 0.371 e. The Hall–Kier alpha value is -2.29. The van der Waals surface area contributed by atoms with Crippen LogP contribution in [0.25, 0.3) is 0 Å². The van der Waals surface area contributed by atoms with Crippen LogP contribution in [0.5, 0.6) is 0 Å². The van der Waals surface area contributed by atoms with Crippen molar-refractivity contribution >= 4 is 11.9 Å². The molecule has 1 aliphatic heterocycles. The molecule has 1 aromatic rings. The van der Waals surface area contributed by atoms with Gasteiger partial charge in [0.15, 0.2) is 0 Å². The lowest BCUT2D eigenvalue weighted by atomic mass is 10.0. The van der Waals surface area contributed by atoms with E-state index >= 15 is 0 Å². The molecule has 0 saturated carbocycles. The Morgan fingerprint density at radius 1 is 1.29 bits per heavy atom. The summed E-state index contributed by atoms with van der Waals surface area (Å²) >= 11 is 0.